The van der Waals surface area contributed by atoms with Crippen molar-refractivity contribution < 1.29 is 9.59 Å². The number of rotatable bonds is 5. The first-order valence-corrected chi connectivity index (χ1v) is 9.34. The van der Waals surface area contributed by atoms with Crippen LogP contribution in [-0.2, 0) is 16.0 Å². The molecule has 128 valence electrons. The molecule has 8 nitrogen and oxygen atoms in total. The lowest BCUT2D eigenvalue weighted by molar-refractivity contribution is -0.115. The van der Waals surface area contributed by atoms with Gasteiger partial charge in [0.2, 0.25) is 22.1 Å². The summed E-state index contributed by atoms with van der Waals surface area (Å²) in [6.07, 6.45) is 4.07. The Labute approximate surface area is 147 Å². The molecule has 24 heavy (non-hydrogen) atoms. The van der Waals surface area contributed by atoms with Gasteiger partial charge in [-0.25, -0.2) is 0 Å². The van der Waals surface area contributed by atoms with Crippen molar-refractivity contribution in [3.05, 3.63) is 10.0 Å². The van der Waals surface area contributed by atoms with Crippen LogP contribution in [0.1, 0.15) is 49.0 Å². The molecule has 1 aliphatic carbocycles. The average molecular weight is 366 g/mol. The SMILES string of the molecule is CC(=O)Nc1nnc(C[C@H]2CC[C@@H](c3nnc(NC(C)=O)s3)C2)s1. The Morgan fingerprint density at radius 2 is 1.67 bits per heavy atom. The van der Waals surface area contributed by atoms with E-state index >= 15 is 0 Å². The molecule has 2 aromatic rings. The van der Waals surface area contributed by atoms with E-state index in [4.69, 9.17) is 0 Å². The van der Waals surface area contributed by atoms with Gasteiger partial charge in [-0.1, -0.05) is 22.7 Å². The molecule has 10 heteroatoms. The van der Waals surface area contributed by atoms with Gasteiger partial charge in [-0.2, -0.15) is 0 Å². The molecule has 0 bridgehead atoms. The number of hydrogen-bond donors (Lipinski definition) is 2. The van der Waals surface area contributed by atoms with Crippen LogP contribution in [0, 0.1) is 5.92 Å². The summed E-state index contributed by atoms with van der Waals surface area (Å²) in [6.45, 7) is 2.92. The number of aromatic nitrogens is 4. The van der Waals surface area contributed by atoms with Crippen LogP contribution in [-0.4, -0.2) is 32.2 Å². The molecule has 3 rings (SSSR count). The second kappa shape index (κ2) is 7.31. The van der Waals surface area contributed by atoms with Crippen molar-refractivity contribution in [3.8, 4) is 0 Å². The molecule has 2 amide bonds. The molecule has 0 saturated heterocycles. The predicted molar refractivity (Wildman–Crippen MR) is 92.2 cm³/mol. The molecule has 2 heterocycles. The zero-order valence-electron chi connectivity index (χ0n) is 13.4. The van der Waals surface area contributed by atoms with E-state index in [-0.39, 0.29) is 11.8 Å². The Morgan fingerprint density at radius 1 is 1.00 bits per heavy atom. The van der Waals surface area contributed by atoms with E-state index in [0.717, 1.165) is 35.7 Å². The van der Waals surface area contributed by atoms with Crippen molar-refractivity contribution in [2.24, 2.45) is 5.92 Å². The third-order valence-corrected chi connectivity index (χ3v) is 5.69. The third kappa shape index (κ3) is 4.32. The average Bonchev–Trinajstić information content (AvgIpc) is 3.19. The zero-order chi connectivity index (χ0) is 17.1. The first kappa shape index (κ1) is 16.9. The number of carbonyl (C=O) groups is 2. The lowest BCUT2D eigenvalue weighted by Gasteiger charge is -2.06. The summed E-state index contributed by atoms with van der Waals surface area (Å²) in [7, 11) is 0. The zero-order valence-corrected chi connectivity index (χ0v) is 15.0. The van der Waals surface area contributed by atoms with Crippen LogP contribution in [0.2, 0.25) is 0 Å². The standard InChI is InChI=1S/C14H18N6O2S2/c1-7(21)15-13-19-17-11(23-13)6-9-3-4-10(5-9)12-18-20-14(24-12)16-8(2)22/h9-10H,3-6H2,1-2H3,(H,15,19,21)(H,16,20,22)/t9-,10+/m0/s1. The van der Waals surface area contributed by atoms with Gasteiger partial charge in [0.25, 0.3) is 0 Å². The molecule has 0 aliphatic heterocycles. The van der Waals surface area contributed by atoms with Crippen LogP contribution < -0.4 is 10.6 Å². The van der Waals surface area contributed by atoms with Crippen LogP contribution in [0.25, 0.3) is 0 Å². The smallest absolute Gasteiger partial charge is 0.223 e. The van der Waals surface area contributed by atoms with Gasteiger partial charge >= 0.3 is 0 Å². The Bertz CT molecular complexity index is 743. The number of hydrogen-bond acceptors (Lipinski definition) is 8. The van der Waals surface area contributed by atoms with Crippen LogP contribution >= 0.6 is 22.7 Å². The molecule has 1 aliphatic rings. The maximum absolute atomic E-state index is 11.1. The van der Waals surface area contributed by atoms with Gasteiger partial charge in [0.1, 0.15) is 10.0 Å². The van der Waals surface area contributed by atoms with Gasteiger partial charge in [0.15, 0.2) is 0 Å². The topological polar surface area (TPSA) is 110 Å². The maximum atomic E-state index is 11.1. The summed E-state index contributed by atoms with van der Waals surface area (Å²) in [5.41, 5.74) is 0. The summed E-state index contributed by atoms with van der Waals surface area (Å²) in [5, 5.41) is 24.7. The number of nitrogens with zero attached hydrogens (tertiary/aromatic N) is 4. The summed E-state index contributed by atoms with van der Waals surface area (Å²) in [5.74, 6) is 0.650. The van der Waals surface area contributed by atoms with E-state index in [1.807, 2.05) is 0 Å². The molecule has 0 spiro atoms. The van der Waals surface area contributed by atoms with Gasteiger partial charge in [-0.15, -0.1) is 20.4 Å². The van der Waals surface area contributed by atoms with Crippen molar-refractivity contribution in [3.63, 3.8) is 0 Å². The lowest BCUT2D eigenvalue weighted by Crippen LogP contribution is -2.04. The Hall–Kier alpha value is -1.94. The second-order valence-corrected chi connectivity index (χ2v) is 7.96. The summed E-state index contributed by atoms with van der Waals surface area (Å²) in [6, 6.07) is 0. The van der Waals surface area contributed by atoms with E-state index in [1.54, 1.807) is 0 Å². The molecular formula is C14H18N6O2S2. The molecule has 0 radical (unpaired) electrons. The van der Waals surface area contributed by atoms with Crippen molar-refractivity contribution in [2.75, 3.05) is 10.6 Å². The largest absolute Gasteiger partial charge is 0.301 e. The highest BCUT2D eigenvalue weighted by Crippen LogP contribution is 2.41. The summed E-state index contributed by atoms with van der Waals surface area (Å²) < 4.78 is 0. The fraction of sp³-hybridized carbons (Fsp3) is 0.571. The molecule has 1 fully saturated rings. The molecule has 0 unspecified atom stereocenters. The normalized spacial score (nSPS) is 20.1. The highest BCUT2D eigenvalue weighted by atomic mass is 32.1. The van der Waals surface area contributed by atoms with Gasteiger partial charge < -0.3 is 10.6 Å². The molecule has 0 aromatic carbocycles. The van der Waals surface area contributed by atoms with Gasteiger partial charge in [0.05, 0.1) is 0 Å². The predicted octanol–water partition coefficient (Wildman–Crippen LogP) is 2.43. The van der Waals surface area contributed by atoms with E-state index in [1.165, 1.54) is 36.5 Å². The van der Waals surface area contributed by atoms with E-state index in [2.05, 4.69) is 31.0 Å². The molecular weight excluding hydrogens is 348 g/mol. The highest BCUT2D eigenvalue weighted by molar-refractivity contribution is 7.15. The van der Waals surface area contributed by atoms with Gasteiger partial charge in [-0.05, 0) is 25.2 Å². The first-order chi connectivity index (χ1) is 11.5. The highest BCUT2D eigenvalue weighted by Gasteiger charge is 2.29. The van der Waals surface area contributed by atoms with Crippen LogP contribution in [0.5, 0.6) is 0 Å². The van der Waals surface area contributed by atoms with E-state index < -0.39 is 0 Å². The van der Waals surface area contributed by atoms with E-state index in [0.29, 0.717) is 22.1 Å². The number of amides is 2. The van der Waals surface area contributed by atoms with Gasteiger partial charge in [-0.3, -0.25) is 9.59 Å². The summed E-state index contributed by atoms with van der Waals surface area (Å²) in [4.78, 5) is 22.1. The monoisotopic (exact) mass is 366 g/mol. The number of anilines is 2. The summed E-state index contributed by atoms with van der Waals surface area (Å²) >= 11 is 2.88. The van der Waals surface area contributed by atoms with Gasteiger partial charge in [0, 0.05) is 26.2 Å². The van der Waals surface area contributed by atoms with Crippen LogP contribution in [0.4, 0.5) is 10.3 Å². The fourth-order valence-electron chi connectivity index (χ4n) is 2.87. The minimum Gasteiger partial charge on any atom is -0.301 e. The second-order valence-electron chi connectivity index (χ2n) is 5.89. The number of nitrogens with one attached hydrogen (secondary N) is 2. The van der Waals surface area contributed by atoms with Crippen molar-refractivity contribution >= 4 is 44.8 Å². The number of carbonyl (C=O) groups excluding carboxylic acids is 2. The minimum atomic E-state index is -0.134. The fourth-order valence-corrected chi connectivity index (χ4v) is 4.71. The van der Waals surface area contributed by atoms with Crippen LogP contribution in [0.15, 0.2) is 0 Å². The van der Waals surface area contributed by atoms with Crippen LogP contribution in [0.3, 0.4) is 0 Å². The maximum Gasteiger partial charge on any atom is 0.223 e. The Kier molecular flexibility index (Phi) is 5.14. The minimum absolute atomic E-state index is 0.131. The quantitative estimate of drug-likeness (QED) is 0.841. The Balaban J connectivity index is 1.55. The molecule has 2 N–H and O–H groups in total. The molecule has 1 saturated carbocycles. The van der Waals surface area contributed by atoms with Crippen molar-refractivity contribution in [1.29, 1.82) is 0 Å². The first-order valence-electron chi connectivity index (χ1n) is 7.70. The third-order valence-electron chi connectivity index (χ3n) is 3.83. The van der Waals surface area contributed by atoms with Crippen molar-refractivity contribution in [2.45, 2.75) is 45.4 Å². The Morgan fingerprint density at radius 3 is 2.38 bits per heavy atom. The van der Waals surface area contributed by atoms with E-state index in [9.17, 15) is 9.59 Å². The molecule has 2 aromatic heterocycles. The lowest BCUT2D eigenvalue weighted by atomic mass is 10.0. The van der Waals surface area contributed by atoms with Crippen molar-refractivity contribution in [1.82, 2.24) is 20.4 Å². The molecule has 2 atom stereocenters.